The van der Waals surface area contributed by atoms with Crippen molar-refractivity contribution in [3.8, 4) is 17.1 Å². The van der Waals surface area contributed by atoms with Crippen molar-refractivity contribution in [1.29, 1.82) is 0 Å². The van der Waals surface area contributed by atoms with Crippen LogP contribution in [-0.2, 0) is 6.42 Å². The van der Waals surface area contributed by atoms with Gasteiger partial charge in [0, 0.05) is 23.7 Å². The Labute approximate surface area is 153 Å². The fourth-order valence-electron chi connectivity index (χ4n) is 2.62. The number of nitrogens with one attached hydrogen (secondary N) is 1. The monoisotopic (exact) mass is 347 g/mol. The third kappa shape index (κ3) is 4.66. The molecule has 1 heterocycles. The minimum Gasteiger partial charge on any atom is -0.480 e. The number of hydrogen-bond acceptors (Lipinski definition) is 4. The Balaban J connectivity index is 1.51. The second-order valence-electron chi connectivity index (χ2n) is 5.88. The third-order valence-corrected chi connectivity index (χ3v) is 4.06. The SMILES string of the molecule is COc1ccc(-c2ccc(C(=O)NCCCc3ccccc3)cc2)nn1. The van der Waals surface area contributed by atoms with E-state index in [0.29, 0.717) is 18.0 Å². The smallest absolute Gasteiger partial charge is 0.251 e. The van der Waals surface area contributed by atoms with Gasteiger partial charge in [-0.3, -0.25) is 4.79 Å². The summed E-state index contributed by atoms with van der Waals surface area (Å²) in [7, 11) is 1.55. The molecule has 0 aliphatic heterocycles. The topological polar surface area (TPSA) is 64.1 Å². The third-order valence-electron chi connectivity index (χ3n) is 4.06. The predicted molar refractivity (Wildman–Crippen MR) is 101 cm³/mol. The number of aryl methyl sites for hydroxylation is 1. The van der Waals surface area contributed by atoms with Gasteiger partial charge in [-0.25, -0.2) is 0 Å². The molecule has 5 heteroatoms. The van der Waals surface area contributed by atoms with Crippen LogP contribution in [0.5, 0.6) is 5.88 Å². The van der Waals surface area contributed by atoms with Crippen LogP contribution in [0.15, 0.2) is 66.7 Å². The summed E-state index contributed by atoms with van der Waals surface area (Å²) in [5.74, 6) is 0.408. The van der Waals surface area contributed by atoms with Crippen molar-refractivity contribution >= 4 is 5.91 Å². The molecule has 0 bridgehead atoms. The van der Waals surface area contributed by atoms with Crippen LogP contribution >= 0.6 is 0 Å². The molecule has 5 nitrogen and oxygen atoms in total. The van der Waals surface area contributed by atoms with Crippen molar-refractivity contribution in [3.05, 3.63) is 77.9 Å². The van der Waals surface area contributed by atoms with Gasteiger partial charge in [0.15, 0.2) is 0 Å². The Morgan fingerprint density at radius 3 is 2.38 bits per heavy atom. The molecular weight excluding hydrogens is 326 g/mol. The molecular formula is C21H21N3O2. The van der Waals surface area contributed by atoms with Crippen molar-refractivity contribution < 1.29 is 9.53 Å². The number of amides is 1. The second-order valence-corrected chi connectivity index (χ2v) is 5.88. The molecule has 0 fully saturated rings. The van der Waals surface area contributed by atoms with Crippen LogP contribution in [0.4, 0.5) is 0 Å². The highest BCUT2D eigenvalue weighted by Gasteiger charge is 2.06. The zero-order valence-corrected chi connectivity index (χ0v) is 14.7. The number of carbonyl (C=O) groups is 1. The lowest BCUT2D eigenvalue weighted by molar-refractivity contribution is 0.0953. The lowest BCUT2D eigenvalue weighted by Crippen LogP contribution is -2.24. The van der Waals surface area contributed by atoms with Gasteiger partial charge in [-0.2, -0.15) is 0 Å². The maximum Gasteiger partial charge on any atom is 0.251 e. The lowest BCUT2D eigenvalue weighted by atomic mass is 10.1. The van der Waals surface area contributed by atoms with Gasteiger partial charge < -0.3 is 10.1 Å². The number of ether oxygens (including phenoxy) is 1. The van der Waals surface area contributed by atoms with Gasteiger partial charge in [0.05, 0.1) is 12.8 Å². The van der Waals surface area contributed by atoms with Crippen molar-refractivity contribution in [1.82, 2.24) is 15.5 Å². The molecule has 0 radical (unpaired) electrons. The number of hydrogen-bond donors (Lipinski definition) is 1. The summed E-state index contributed by atoms with van der Waals surface area (Å²) < 4.78 is 5.00. The first-order valence-electron chi connectivity index (χ1n) is 8.56. The van der Waals surface area contributed by atoms with Gasteiger partial charge in [-0.05, 0) is 36.6 Å². The highest BCUT2D eigenvalue weighted by atomic mass is 16.5. The van der Waals surface area contributed by atoms with E-state index >= 15 is 0 Å². The van der Waals surface area contributed by atoms with Crippen LogP contribution in [-0.4, -0.2) is 29.8 Å². The van der Waals surface area contributed by atoms with Crippen LogP contribution in [0.1, 0.15) is 22.3 Å². The Kier molecular flexibility index (Phi) is 5.93. The van der Waals surface area contributed by atoms with Crippen LogP contribution < -0.4 is 10.1 Å². The van der Waals surface area contributed by atoms with Gasteiger partial charge in [0.2, 0.25) is 5.88 Å². The summed E-state index contributed by atoms with van der Waals surface area (Å²) in [5, 5.41) is 11.0. The van der Waals surface area contributed by atoms with Gasteiger partial charge in [0.25, 0.3) is 5.91 Å². The van der Waals surface area contributed by atoms with E-state index < -0.39 is 0 Å². The van der Waals surface area contributed by atoms with E-state index in [0.717, 1.165) is 24.1 Å². The van der Waals surface area contributed by atoms with Crippen molar-refractivity contribution in [2.75, 3.05) is 13.7 Å². The van der Waals surface area contributed by atoms with Gasteiger partial charge in [-0.15, -0.1) is 10.2 Å². The van der Waals surface area contributed by atoms with E-state index in [-0.39, 0.29) is 5.91 Å². The fourth-order valence-corrected chi connectivity index (χ4v) is 2.62. The van der Waals surface area contributed by atoms with Crippen LogP contribution in [0.2, 0.25) is 0 Å². The van der Waals surface area contributed by atoms with E-state index in [4.69, 9.17) is 4.74 Å². The first-order valence-corrected chi connectivity index (χ1v) is 8.56. The molecule has 0 aliphatic carbocycles. The maximum absolute atomic E-state index is 12.2. The summed E-state index contributed by atoms with van der Waals surface area (Å²) in [6.45, 7) is 0.652. The molecule has 1 N–H and O–H groups in total. The maximum atomic E-state index is 12.2. The molecule has 0 saturated heterocycles. The first kappa shape index (κ1) is 17.6. The van der Waals surface area contributed by atoms with Crippen molar-refractivity contribution in [3.63, 3.8) is 0 Å². The molecule has 3 rings (SSSR count). The second kappa shape index (κ2) is 8.76. The summed E-state index contributed by atoms with van der Waals surface area (Å²) >= 11 is 0. The molecule has 1 amide bonds. The lowest BCUT2D eigenvalue weighted by Gasteiger charge is -2.07. The predicted octanol–water partition coefficient (Wildman–Crippen LogP) is 3.51. The number of nitrogens with zero attached hydrogens (tertiary/aromatic N) is 2. The number of carbonyl (C=O) groups excluding carboxylic acids is 1. The Bertz CT molecular complexity index is 831. The number of methoxy groups -OCH3 is 1. The average molecular weight is 347 g/mol. The minimum atomic E-state index is -0.0644. The van der Waals surface area contributed by atoms with E-state index in [1.165, 1.54) is 5.56 Å². The molecule has 132 valence electrons. The quantitative estimate of drug-likeness (QED) is 0.664. The highest BCUT2D eigenvalue weighted by Crippen LogP contribution is 2.18. The van der Waals surface area contributed by atoms with Crippen molar-refractivity contribution in [2.45, 2.75) is 12.8 Å². The van der Waals surface area contributed by atoms with Gasteiger partial charge in [-0.1, -0.05) is 42.5 Å². The Hall–Kier alpha value is -3.21. The summed E-state index contributed by atoms with van der Waals surface area (Å²) in [6, 6.07) is 21.2. The highest BCUT2D eigenvalue weighted by molar-refractivity contribution is 5.94. The normalized spacial score (nSPS) is 10.3. The molecule has 3 aromatic rings. The van der Waals surface area contributed by atoms with Gasteiger partial charge in [0.1, 0.15) is 0 Å². The Morgan fingerprint density at radius 2 is 1.73 bits per heavy atom. The number of benzene rings is 2. The van der Waals surface area contributed by atoms with Gasteiger partial charge >= 0.3 is 0 Å². The van der Waals surface area contributed by atoms with Crippen LogP contribution in [0.3, 0.4) is 0 Å². The summed E-state index contributed by atoms with van der Waals surface area (Å²) in [5.41, 5.74) is 3.56. The van der Waals surface area contributed by atoms with Crippen LogP contribution in [0, 0.1) is 0 Å². The molecule has 0 unspecified atom stereocenters. The van der Waals surface area contributed by atoms with Crippen LogP contribution in [0.25, 0.3) is 11.3 Å². The molecule has 26 heavy (non-hydrogen) atoms. The number of aromatic nitrogens is 2. The summed E-state index contributed by atoms with van der Waals surface area (Å²) in [6.07, 6.45) is 1.87. The first-order chi connectivity index (χ1) is 12.8. The van der Waals surface area contributed by atoms with E-state index in [9.17, 15) is 4.79 Å². The molecule has 0 spiro atoms. The zero-order chi connectivity index (χ0) is 18.2. The molecule has 0 saturated carbocycles. The average Bonchev–Trinajstić information content (AvgIpc) is 2.72. The Morgan fingerprint density at radius 1 is 0.962 bits per heavy atom. The molecule has 0 atom stereocenters. The zero-order valence-electron chi connectivity index (χ0n) is 14.7. The largest absolute Gasteiger partial charge is 0.480 e. The summed E-state index contributed by atoms with van der Waals surface area (Å²) in [4.78, 5) is 12.2. The van der Waals surface area contributed by atoms with E-state index in [2.05, 4.69) is 27.6 Å². The fraction of sp³-hybridized carbons (Fsp3) is 0.190. The van der Waals surface area contributed by atoms with E-state index in [1.54, 1.807) is 25.3 Å². The number of rotatable bonds is 7. The minimum absolute atomic E-state index is 0.0644. The standard InChI is InChI=1S/C21H21N3O2/c1-26-20-14-13-19(23-24-20)17-9-11-18(12-10-17)21(25)22-15-5-8-16-6-3-2-4-7-16/h2-4,6-7,9-14H,5,8,15H2,1H3,(H,22,25). The molecule has 1 aromatic heterocycles. The molecule has 0 aliphatic rings. The van der Waals surface area contributed by atoms with E-state index in [1.807, 2.05) is 36.4 Å². The molecule has 2 aromatic carbocycles. The van der Waals surface area contributed by atoms with Crippen molar-refractivity contribution in [2.24, 2.45) is 0 Å².